The molecule has 1 aromatic heterocycles. The maximum Gasteiger partial charge on any atom is 0.243 e. The quantitative estimate of drug-likeness (QED) is 0.00987. The van der Waals surface area contributed by atoms with Gasteiger partial charge in [0.1, 0.15) is 78.0 Å². The van der Waals surface area contributed by atoms with Crippen LogP contribution in [0.3, 0.4) is 0 Å². The summed E-state index contributed by atoms with van der Waals surface area (Å²) in [6, 6.07) is 10.0. The van der Waals surface area contributed by atoms with Gasteiger partial charge in [-0.3, -0.25) is 89.4 Å². The van der Waals surface area contributed by atoms with E-state index in [1.54, 1.807) is 64.2 Å². The number of para-hydroxylation sites is 1. The van der Waals surface area contributed by atoms with E-state index in [9.17, 15) is 53.4 Å². The second-order valence-electron chi connectivity index (χ2n) is 32.6. The standard InChI is InChI=1S/C87H135N31O15/c1-5-49(4)70(82(133)116-66(44-52-30-34-55(120)35-31-52)79(130)111-62(26-16-40-104-86(97)98)75(126)110-61(25-15-39-103-85(95)96)74(125)108-59(71(90)122)23-13-37-101-83(91)92)117-68(121)47-107-73(124)60(24-14-38-102-84(93)94)109-78(129)65(43-51-28-32-54(119)33-29-51)115-81(132)69(48(2)3)118-76(127)63(27-17-41-105-87(99)100)112-77(128)64(42-50-18-7-6-8-19-50)114-80(131)67(113-72(123)57(89)21-11-12-36-88)45-53-46-106-58-22-10-9-20-56(53)58/h6-10,18-20,22,28-35,46,48-49,57,59-67,69-70,106,119-120H,5,11-17,21,23-27,36-45,47,88-89H2,1-4H3,(H2,90,122)(H,107,124)(H,108,125)(H,109,129)(H,110,126)(H,111,130)(H,112,128)(H,113,123)(H,114,131)(H,115,132)(H,116,133)(H,117,121)(H,118,127)(H4,91,92,101)(H4,93,94,102)(H4,95,96,103)(H4,97,98,104)(H4,99,100,105)/t49-,57-,59-,60-,61-,62-,63-,64-,65-,66-,67-,69-,70-/m0/s1. The maximum atomic E-state index is 15.1. The van der Waals surface area contributed by atoms with Gasteiger partial charge in [-0.05, 0) is 148 Å². The Bertz CT molecular complexity index is 4710. The van der Waals surface area contributed by atoms with Gasteiger partial charge in [-0.1, -0.05) is 113 Å². The third-order valence-corrected chi connectivity index (χ3v) is 21.6. The van der Waals surface area contributed by atoms with E-state index >= 15 is 19.2 Å². The Morgan fingerprint density at radius 3 is 1.09 bits per heavy atom. The number of phenols is 2. The lowest BCUT2D eigenvalue weighted by atomic mass is 9.97. The largest absolute Gasteiger partial charge is 0.508 e. The van der Waals surface area contributed by atoms with Crippen LogP contribution in [0.25, 0.3) is 10.9 Å². The van der Waals surface area contributed by atoms with Gasteiger partial charge in [-0.15, -0.1) is 0 Å². The number of hydrogen-bond acceptors (Lipinski definition) is 22. The predicted molar refractivity (Wildman–Crippen MR) is 500 cm³/mol. The third kappa shape index (κ3) is 40.5. The molecule has 0 aliphatic carbocycles. The number of nitrogens with two attached hydrogens (primary N) is 8. The highest BCUT2D eigenvalue weighted by Crippen LogP contribution is 2.22. The second-order valence-corrected chi connectivity index (χ2v) is 32.6. The van der Waals surface area contributed by atoms with E-state index in [2.05, 4.69) is 95.4 Å². The highest BCUT2D eigenvalue weighted by atomic mass is 16.3. The van der Waals surface area contributed by atoms with E-state index < -0.39 is 186 Å². The van der Waals surface area contributed by atoms with E-state index in [-0.39, 0.29) is 159 Å². The lowest BCUT2D eigenvalue weighted by Crippen LogP contribution is -2.61. The van der Waals surface area contributed by atoms with Gasteiger partial charge in [-0.25, -0.2) is 0 Å². The molecule has 13 amide bonds. The number of aromatic hydroxyl groups is 2. The number of unbranched alkanes of at least 4 members (excludes halogenated alkanes) is 1. The molecule has 0 unspecified atom stereocenters. The number of H-pyrrole nitrogens is 1. The first-order valence-corrected chi connectivity index (χ1v) is 44.2. The summed E-state index contributed by atoms with van der Waals surface area (Å²) in [6.45, 7) is 6.27. The summed E-state index contributed by atoms with van der Waals surface area (Å²) in [6.07, 6.45) is 2.40. The molecule has 13 atom stereocenters. The number of phenolic OH excluding ortho intramolecular Hbond substituents is 2. The van der Waals surface area contributed by atoms with Crippen LogP contribution in [-0.4, -0.2) is 240 Å². The molecule has 41 N–H and O–H groups in total. The summed E-state index contributed by atoms with van der Waals surface area (Å²) in [4.78, 5) is 192. The smallest absolute Gasteiger partial charge is 0.243 e. The van der Waals surface area contributed by atoms with E-state index in [1.807, 2.05) is 24.3 Å². The topological polar surface area (TPSA) is 810 Å². The molecule has 5 aromatic rings. The van der Waals surface area contributed by atoms with Crippen molar-refractivity contribution in [1.29, 1.82) is 27.0 Å². The molecule has 728 valence electrons. The van der Waals surface area contributed by atoms with Crippen LogP contribution < -0.4 is 136 Å². The molecule has 0 saturated heterocycles. The summed E-state index contributed by atoms with van der Waals surface area (Å²) >= 11 is 0. The van der Waals surface area contributed by atoms with Gasteiger partial charge in [0.25, 0.3) is 0 Å². The molecule has 46 nitrogen and oxygen atoms in total. The minimum atomic E-state index is -1.60. The highest BCUT2D eigenvalue weighted by molar-refractivity contribution is 6.00. The number of amides is 13. The number of fused-ring (bicyclic) bond motifs is 1. The fraction of sp³-hybridized carbons (Fsp3) is 0.494. The SMILES string of the molecule is CC[C@H](C)[C@H](NC(=O)CNC(=O)[C@H](CCCNC(=N)N)NC(=O)[C@H](Cc1ccc(O)cc1)NC(=O)[C@@H](NC(=O)[C@H](CCCNC(=N)N)NC(=O)[C@H](Cc1ccccc1)NC(=O)[C@H](Cc1c[nH]c2ccccc12)NC(=O)[C@@H](N)CCCCN)C(C)C)C(=O)N[C@@H](Cc1ccc(O)cc1)C(=O)N[C@@H](CCCNC(=N)N)C(=O)N[C@@H](CCCNC(=N)N)C(=O)N[C@@H](CCCNC(=N)N)C(N)=O. The van der Waals surface area contributed by atoms with Gasteiger partial charge in [0.2, 0.25) is 76.8 Å². The first-order chi connectivity index (χ1) is 63.2. The van der Waals surface area contributed by atoms with Crippen molar-refractivity contribution in [3.8, 4) is 11.5 Å². The average Bonchev–Trinajstić information content (AvgIpc) is 1.69. The van der Waals surface area contributed by atoms with Crippen LogP contribution in [-0.2, 0) is 88.0 Å². The fourth-order valence-electron chi connectivity index (χ4n) is 14.0. The molecule has 0 spiro atoms. The number of carbonyl (C=O) groups excluding carboxylic acids is 13. The lowest BCUT2D eigenvalue weighted by Gasteiger charge is -2.29. The number of carbonyl (C=O) groups is 13. The highest BCUT2D eigenvalue weighted by Gasteiger charge is 2.39. The molecule has 46 heteroatoms. The molecular formula is C87H135N31O15. The Morgan fingerprint density at radius 2 is 0.692 bits per heavy atom. The zero-order chi connectivity index (χ0) is 98.2. The van der Waals surface area contributed by atoms with E-state index in [1.165, 1.54) is 48.5 Å². The number of benzene rings is 4. The van der Waals surface area contributed by atoms with Crippen LogP contribution in [0, 0.1) is 38.9 Å². The monoisotopic (exact) mass is 1850 g/mol. The molecule has 0 aliphatic rings. The van der Waals surface area contributed by atoms with E-state index in [0.29, 0.717) is 41.6 Å². The number of hydrogen-bond donors (Lipinski definition) is 33. The van der Waals surface area contributed by atoms with Crippen molar-refractivity contribution in [2.45, 2.75) is 216 Å². The van der Waals surface area contributed by atoms with Crippen LogP contribution in [0.15, 0.2) is 109 Å². The van der Waals surface area contributed by atoms with Gasteiger partial charge in [-0.2, -0.15) is 0 Å². The molecule has 1 heterocycles. The molecule has 0 radical (unpaired) electrons. The normalized spacial score (nSPS) is 13.9. The Hall–Kier alpha value is -14.6. The Kier molecular flexibility index (Phi) is 47.0. The zero-order valence-electron chi connectivity index (χ0n) is 75.5. The number of rotatable bonds is 60. The van der Waals surface area contributed by atoms with Crippen molar-refractivity contribution in [3.63, 3.8) is 0 Å². The number of guanidine groups is 5. The van der Waals surface area contributed by atoms with Gasteiger partial charge < -0.3 is 151 Å². The van der Waals surface area contributed by atoms with Crippen LogP contribution in [0.1, 0.15) is 140 Å². The predicted octanol–water partition coefficient (Wildman–Crippen LogP) is -4.74. The number of primary amides is 1. The van der Waals surface area contributed by atoms with Crippen LogP contribution in [0.2, 0.25) is 0 Å². The van der Waals surface area contributed by atoms with E-state index in [4.69, 9.17) is 72.9 Å². The van der Waals surface area contributed by atoms with Crippen LogP contribution in [0.5, 0.6) is 11.5 Å². The van der Waals surface area contributed by atoms with E-state index in [0.717, 1.165) is 10.9 Å². The molecular weight excluding hydrogens is 1720 g/mol. The Labute approximate surface area is 771 Å². The lowest BCUT2D eigenvalue weighted by molar-refractivity contribution is -0.136. The molecule has 0 fully saturated rings. The minimum absolute atomic E-state index is 0.00941. The molecule has 0 saturated carbocycles. The molecule has 4 aromatic carbocycles. The number of aromatic amines is 1. The van der Waals surface area contributed by atoms with Gasteiger partial charge in [0.15, 0.2) is 29.8 Å². The zero-order valence-corrected chi connectivity index (χ0v) is 75.5. The molecule has 133 heavy (non-hydrogen) atoms. The molecule has 5 rings (SSSR count). The van der Waals surface area contributed by atoms with Crippen molar-refractivity contribution >= 4 is 117 Å². The van der Waals surface area contributed by atoms with Crippen molar-refractivity contribution in [3.05, 3.63) is 132 Å². The van der Waals surface area contributed by atoms with Crippen molar-refractivity contribution in [2.75, 3.05) is 45.8 Å². The van der Waals surface area contributed by atoms with Crippen LogP contribution in [0.4, 0.5) is 0 Å². The van der Waals surface area contributed by atoms with Gasteiger partial charge in [0.05, 0.1) is 12.6 Å². The first-order valence-electron chi connectivity index (χ1n) is 44.2. The Morgan fingerprint density at radius 1 is 0.353 bits per heavy atom. The number of aromatic nitrogens is 1. The summed E-state index contributed by atoms with van der Waals surface area (Å²) < 4.78 is 0. The van der Waals surface area contributed by atoms with Crippen molar-refractivity contribution in [2.24, 2.45) is 57.7 Å². The maximum absolute atomic E-state index is 15.1. The summed E-state index contributed by atoms with van der Waals surface area (Å²) in [7, 11) is 0. The summed E-state index contributed by atoms with van der Waals surface area (Å²) in [5.74, 6) is -15.4. The molecule has 0 aliphatic heterocycles. The molecule has 0 bridgehead atoms. The fourth-order valence-corrected chi connectivity index (χ4v) is 14.0. The average molecular weight is 1860 g/mol. The van der Waals surface area contributed by atoms with Gasteiger partial charge in [0, 0.05) is 75.5 Å². The van der Waals surface area contributed by atoms with Gasteiger partial charge >= 0.3 is 0 Å². The first kappa shape index (κ1) is 109. The van der Waals surface area contributed by atoms with Crippen molar-refractivity contribution < 1.29 is 72.5 Å². The minimum Gasteiger partial charge on any atom is -0.508 e. The van der Waals surface area contributed by atoms with Crippen LogP contribution >= 0.6 is 0 Å². The Balaban J connectivity index is 1.43. The number of nitrogens with one attached hydrogen (secondary N) is 23. The summed E-state index contributed by atoms with van der Waals surface area (Å²) in [5.41, 5.74) is 48.2. The van der Waals surface area contributed by atoms with Crippen molar-refractivity contribution in [1.82, 2.24) is 95.4 Å². The summed E-state index contributed by atoms with van der Waals surface area (Å²) in [5, 5.41) is 105. The second kappa shape index (κ2) is 57.4. The third-order valence-electron chi connectivity index (χ3n) is 21.6.